The highest BCUT2D eigenvalue weighted by atomic mass is 16.7. The van der Waals surface area contributed by atoms with Gasteiger partial charge in [-0.2, -0.15) is 0 Å². The second kappa shape index (κ2) is 22.8. The Morgan fingerprint density at radius 3 is 2.19 bits per heavy atom. The van der Waals surface area contributed by atoms with Gasteiger partial charge in [0.2, 0.25) is 18.6 Å². The Balaban J connectivity index is 1.14. The van der Waals surface area contributed by atoms with Crippen LogP contribution in [0.15, 0.2) is 121 Å². The molecule has 4 amide bonds. The van der Waals surface area contributed by atoms with Crippen LogP contribution in [-0.4, -0.2) is 126 Å². The van der Waals surface area contributed by atoms with Crippen molar-refractivity contribution in [3.63, 3.8) is 0 Å². The van der Waals surface area contributed by atoms with Gasteiger partial charge in [0.05, 0.1) is 37.4 Å². The Bertz CT molecular complexity index is 3200. The third-order valence-electron chi connectivity index (χ3n) is 16.8. The first-order valence-corrected chi connectivity index (χ1v) is 27.8. The number of anilines is 1. The number of imide groups is 1. The number of carbonyl (C=O) groups excluding carboxylic acids is 5. The summed E-state index contributed by atoms with van der Waals surface area (Å²) < 4.78 is 29.2. The summed E-state index contributed by atoms with van der Waals surface area (Å²) in [6.45, 7) is 5.21. The van der Waals surface area contributed by atoms with Gasteiger partial charge >= 0.3 is 18.0 Å². The summed E-state index contributed by atoms with van der Waals surface area (Å²) in [7, 11) is 1.22. The number of aliphatic hydroxyl groups is 2. The number of ether oxygens (including phenoxy) is 5. The average molecular weight is 1090 g/mol. The predicted molar refractivity (Wildman–Crippen MR) is 294 cm³/mol. The summed E-state index contributed by atoms with van der Waals surface area (Å²) in [5, 5.41) is 24.7. The Morgan fingerprint density at radius 1 is 0.787 bits per heavy atom. The van der Waals surface area contributed by atoms with Crippen LogP contribution >= 0.6 is 0 Å². The van der Waals surface area contributed by atoms with Crippen molar-refractivity contribution in [2.45, 2.75) is 100 Å². The van der Waals surface area contributed by atoms with Crippen LogP contribution in [-0.2, 0) is 40.6 Å². The fraction of sp³-hybridized carbons (Fsp3) is 0.413. The number of benzene rings is 5. The lowest BCUT2D eigenvalue weighted by molar-refractivity contribution is -0.179. The molecule has 17 nitrogen and oxygen atoms in total. The topological polar surface area (TPSA) is 197 Å². The van der Waals surface area contributed by atoms with E-state index in [1.165, 1.54) is 7.11 Å². The standard InChI is InChI=1S/C63H67N5O12/c1-40(2)52(58(71)76-3)64-61(74)67-48-23-21-41(25-28-62(75)26-12-4-5-13-27-62)35-47(48)63(60(67)73)51(57(70)66-31-29-65(30-32-66)38-42-22-24-49-50(36-42)79-39-78-49)54-59(72)80-55(44-17-10-7-11-18-44)53(43-15-8-6-9-16-43)68(54)56(63)45-19-14-20-46(37-45)77-34-33-69/h6-11,14-24,35-37,40,51-56,69,75H,4-5,12-13,26-27,29-34,38-39H2,1-3H3,(H,64,74)/t51-,52-,53-,54-,55+,56+,63-/m0/s1. The van der Waals surface area contributed by atoms with Gasteiger partial charge in [0.15, 0.2) is 11.5 Å². The number of aliphatic hydroxyl groups excluding tert-OH is 1. The van der Waals surface area contributed by atoms with E-state index < -0.39 is 82.9 Å². The number of urea groups is 1. The largest absolute Gasteiger partial charge is 0.491 e. The van der Waals surface area contributed by atoms with Crippen molar-refractivity contribution in [2.75, 3.05) is 58.2 Å². The minimum Gasteiger partial charge on any atom is -0.491 e. The average Bonchev–Trinajstić information content (AvgIpc) is 3.95. The number of amides is 4. The van der Waals surface area contributed by atoms with Crippen LogP contribution in [0.2, 0.25) is 0 Å². The number of hydrogen-bond donors (Lipinski definition) is 3. The van der Waals surface area contributed by atoms with E-state index in [9.17, 15) is 15.0 Å². The minimum absolute atomic E-state index is 0.0519. The maximum atomic E-state index is 17.1. The van der Waals surface area contributed by atoms with Gasteiger partial charge < -0.3 is 44.1 Å². The molecule has 0 unspecified atom stereocenters. The van der Waals surface area contributed by atoms with Crippen molar-refractivity contribution in [1.82, 2.24) is 20.0 Å². The Labute approximate surface area is 465 Å². The van der Waals surface area contributed by atoms with Crippen LogP contribution in [0.4, 0.5) is 10.5 Å². The van der Waals surface area contributed by atoms with Crippen molar-refractivity contribution in [3.8, 4) is 29.1 Å². The monoisotopic (exact) mass is 1090 g/mol. The molecule has 17 heteroatoms. The quantitative estimate of drug-likeness (QED) is 0.0648. The minimum atomic E-state index is -2.14. The van der Waals surface area contributed by atoms with Gasteiger partial charge in [-0.15, -0.1) is 0 Å². The zero-order valence-electron chi connectivity index (χ0n) is 45.3. The maximum absolute atomic E-state index is 17.1. The highest BCUT2D eigenvalue weighted by molar-refractivity contribution is 6.25. The van der Waals surface area contributed by atoms with Crippen molar-refractivity contribution in [2.24, 2.45) is 11.8 Å². The van der Waals surface area contributed by atoms with E-state index in [1.807, 2.05) is 89.8 Å². The second-order valence-electron chi connectivity index (χ2n) is 22.0. The Kier molecular flexibility index (Phi) is 15.4. The van der Waals surface area contributed by atoms with Crippen molar-refractivity contribution in [1.29, 1.82) is 0 Å². The number of morpholine rings is 1. The number of hydrogen-bond acceptors (Lipinski definition) is 14. The fourth-order valence-electron chi connectivity index (χ4n) is 13.0. The molecular formula is C63H67N5O12. The highest BCUT2D eigenvalue weighted by Crippen LogP contribution is 2.66. The number of carbonyl (C=O) groups is 5. The molecule has 3 N–H and O–H groups in total. The van der Waals surface area contributed by atoms with Gasteiger partial charge in [-0.1, -0.05) is 117 Å². The SMILES string of the molecule is COC(=O)[C@@H](NC(=O)N1C(=O)[C@@]2(c3cc(C#CC4(O)CCCCCC4)ccc31)[C@H](C(=O)N1CCN(Cc3ccc4c(c3)OCO4)CC1)[C@H]1C(=O)O[C@H](c3ccccc3)[C@H](c3ccccc3)N1[C@@H]2c1cccc(OCCO)c1)C(C)C. The summed E-state index contributed by atoms with van der Waals surface area (Å²) in [5.74, 6) is 3.31. The molecule has 0 aromatic heterocycles. The molecular weight excluding hydrogens is 1020 g/mol. The molecule has 5 aromatic carbocycles. The number of fused-ring (bicyclic) bond motifs is 4. The first-order chi connectivity index (χ1) is 38.8. The van der Waals surface area contributed by atoms with Gasteiger partial charge in [-0.25, -0.2) is 14.5 Å². The van der Waals surface area contributed by atoms with E-state index in [0.29, 0.717) is 66.4 Å². The van der Waals surface area contributed by atoms with Gasteiger partial charge in [0.25, 0.3) is 0 Å². The van der Waals surface area contributed by atoms with E-state index in [0.717, 1.165) is 41.7 Å². The summed E-state index contributed by atoms with van der Waals surface area (Å²) in [6, 6.07) is 31.1. The van der Waals surface area contributed by atoms with Gasteiger partial charge in [-0.05, 0) is 102 Å². The number of cyclic esters (lactones) is 1. The van der Waals surface area contributed by atoms with Crippen LogP contribution < -0.4 is 24.4 Å². The van der Waals surface area contributed by atoms with E-state index >= 15 is 19.2 Å². The molecule has 0 radical (unpaired) electrons. The van der Waals surface area contributed by atoms with Gasteiger partial charge in [0.1, 0.15) is 41.6 Å². The molecule has 3 saturated heterocycles. The molecule has 1 spiro atoms. The van der Waals surface area contributed by atoms with Crippen molar-refractivity contribution < 1.29 is 57.9 Å². The molecule has 7 atom stereocenters. The number of methoxy groups -OCH3 is 1. The predicted octanol–water partition coefficient (Wildman–Crippen LogP) is 7.14. The molecule has 1 aliphatic carbocycles. The summed E-state index contributed by atoms with van der Waals surface area (Å²) >= 11 is 0. The van der Waals surface area contributed by atoms with Crippen LogP contribution in [0.1, 0.15) is 104 Å². The van der Waals surface area contributed by atoms with Crippen LogP contribution in [0.25, 0.3) is 0 Å². The fourth-order valence-corrected chi connectivity index (χ4v) is 13.0. The molecule has 5 aromatic rings. The van der Waals surface area contributed by atoms with Crippen LogP contribution in [0.5, 0.6) is 17.2 Å². The van der Waals surface area contributed by atoms with Crippen molar-refractivity contribution >= 4 is 35.5 Å². The van der Waals surface area contributed by atoms with Crippen molar-refractivity contribution in [3.05, 3.63) is 155 Å². The number of rotatable bonds is 12. The lowest BCUT2D eigenvalue weighted by Crippen LogP contribution is -2.59. The number of nitrogens with one attached hydrogen (secondary N) is 1. The Hall–Kier alpha value is -7.75. The summed E-state index contributed by atoms with van der Waals surface area (Å²) in [4.78, 5) is 85.3. The molecule has 4 fully saturated rings. The first kappa shape index (κ1) is 54.2. The van der Waals surface area contributed by atoms with Crippen LogP contribution in [0, 0.1) is 23.7 Å². The van der Waals surface area contributed by atoms with E-state index in [-0.39, 0.29) is 44.3 Å². The molecule has 5 heterocycles. The zero-order chi connectivity index (χ0) is 55.7. The maximum Gasteiger partial charge on any atom is 0.329 e. The Morgan fingerprint density at radius 2 is 1.49 bits per heavy atom. The highest BCUT2D eigenvalue weighted by Gasteiger charge is 2.76. The third-order valence-corrected chi connectivity index (χ3v) is 16.8. The first-order valence-electron chi connectivity index (χ1n) is 27.8. The number of piperazine rings is 1. The summed E-state index contributed by atoms with van der Waals surface area (Å²) in [6.07, 6.45) is 3.57. The summed E-state index contributed by atoms with van der Waals surface area (Å²) in [5.41, 5.74) is 0.222. The zero-order valence-corrected chi connectivity index (χ0v) is 45.3. The molecule has 1 saturated carbocycles. The molecule has 5 aliphatic heterocycles. The lowest BCUT2D eigenvalue weighted by Gasteiger charge is -2.46. The number of nitrogens with zero attached hydrogens (tertiary/aromatic N) is 4. The van der Waals surface area contributed by atoms with Crippen LogP contribution in [0.3, 0.4) is 0 Å². The molecule has 11 rings (SSSR count). The van der Waals surface area contributed by atoms with E-state index in [1.54, 1.807) is 55.1 Å². The van der Waals surface area contributed by atoms with Gasteiger partial charge in [-0.3, -0.25) is 24.2 Å². The lowest BCUT2D eigenvalue weighted by atomic mass is 9.64. The van der Waals surface area contributed by atoms with Gasteiger partial charge in [0, 0.05) is 38.3 Å². The van der Waals surface area contributed by atoms with E-state index in [4.69, 9.17) is 23.7 Å². The molecule has 80 heavy (non-hydrogen) atoms. The third kappa shape index (κ3) is 10.0. The molecule has 0 bridgehead atoms. The second-order valence-corrected chi connectivity index (χ2v) is 22.0. The molecule has 6 aliphatic rings. The van der Waals surface area contributed by atoms with E-state index in [2.05, 4.69) is 22.1 Å². The normalized spacial score (nSPS) is 24.5. The molecule has 416 valence electrons. The number of esters is 2. The smallest absolute Gasteiger partial charge is 0.329 e.